The minimum absolute atomic E-state index is 0.683. The molecule has 0 aliphatic rings. The maximum Gasteiger partial charge on any atom is 0.0767 e. The van der Waals surface area contributed by atoms with Crippen LogP contribution in [0.25, 0.3) is 0 Å². The summed E-state index contributed by atoms with van der Waals surface area (Å²) >= 11 is 3.65. The molecule has 0 saturated heterocycles. The van der Waals surface area contributed by atoms with Gasteiger partial charge in [0.2, 0.25) is 0 Å². The molecule has 0 spiro atoms. The molecule has 0 radical (unpaired) electrons. The lowest BCUT2D eigenvalue weighted by Crippen LogP contribution is -2.21. The average molecular weight is 288 g/mol. The van der Waals surface area contributed by atoms with Gasteiger partial charge in [0.25, 0.3) is 0 Å². The Balaban J connectivity index is 2.73. The molecule has 0 aliphatic carbocycles. The molecule has 0 aromatic carbocycles. The lowest BCUT2D eigenvalue weighted by Gasteiger charge is -2.09. The van der Waals surface area contributed by atoms with E-state index in [0.29, 0.717) is 5.92 Å². The van der Waals surface area contributed by atoms with Crippen molar-refractivity contribution in [2.45, 2.75) is 47.2 Å². The van der Waals surface area contributed by atoms with Gasteiger partial charge in [0.15, 0.2) is 0 Å². The van der Waals surface area contributed by atoms with Crippen LogP contribution in [0, 0.1) is 5.92 Å². The van der Waals surface area contributed by atoms with Gasteiger partial charge in [0.1, 0.15) is 0 Å². The molecule has 0 amide bonds. The molecule has 16 heavy (non-hydrogen) atoms. The fourth-order valence-electron chi connectivity index (χ4n) is 1.67. The van der Waals surface area contributed by atoms with Gasteiger partial charge < -0.3 is 5.32 Å². The van der Waals surface area contributed by atoms with Gasteiger partial charge >= 0.3 is 0 Å². The Kier molecular flexibility index (Phi) is 5.49. The molecule has 0 unspecified atom stereocenters. The number of nitrogens with one attached hydrogen (secondary N) is 1. The minimum Gasteiger partial charge on any atom is -0.311 e. The molecule has 1 N–H and O–H groups in total. The molecule has 1 heterocycles. The van der Waals surface area contributed by atoms with Crippen LogP contribution in [0.4, 0.5) is 0 Å². The lowest BCUT2D eigenvalue weighted by molar-refractivity contribution is 0.524. The van der Waals surface area contributed by atoms with Crippen LogP contribution in [0.15, 0.2) is 4.47 Å². The summed E-state index contributed by atoms with van der Waals surface area (Å²) in [5, 5.41) is 8.04. The topological polar surface area (TPSA) is 29.9 Å². The van der Waals surface area contributed by atoms with Crippen LogP contribution in [0.3, 0.4) is 0 Å². The van der Waals surface area contributed by atoms with E-state index in [1.165, 1.54) is 10.2 Å². The summed E-state index contributed by atoms with van der Waals surface area (Å²) in [5.41, 5.74) is 2.42. The van der Waals surface area contributed by atoms with Crippen molar-refractivity contribution >= 4 is 15.9 Å². The summed E-state index contributed by atoms with van der Waals surface area (Å²) < 4.78 is 3.25. The van der Waals surface area contributed by atoms with E-state index in [1.54, 1.807) is 0 Å². The smallest absolute Gasteiger partial charge is 0.0767 e. The third-order valence-corrected chi connectivity index (χ3v) is 3.45. The van der Waals surface area contributed by atoms with Crippen LogP contribution in [0.2, 0.25) is 0 Å². The number of hydrogen-bond acceptors (Lipinski definition) is 2. The number of hydrogen-bond donors (Lipinski definition) is 1. The van der Waals surface area contributed by atoms with E-state index in [2.05, 4.69) is 58.7 Å². The first-order valence-corrected chi connectivity index (χ1v) is 6.84. The van der Waals surface area contributed by atoms with Crippen molar-refractivity contribution in [2.75, 3.05) is 6.54 Å². The molecule has 0 aliphatic heterocycles. The van der Waals surface area contributed by atoms with Gasteiger partial charge in [-0.15, -0.1) is 0 Å². The van der Waals surface area contributed by atoms with Crippen molar-refractivity contribution < 1.29 is 0 Å². The number of aromatic nitrogens is 2. The third-order valence-electron chi connectivity index (χ3n) is 2.54. The molecule has 92 valence electrons. The van der Waals surface area contributed by atoms with Crippen LogP contribution in [0.1, 0.15) is 39.1 Å². The Morgan fingerprint density at radius 1 is 1.38 bits per heavy atom. The molecule has 0 bridgehead atoms. The molecule has 0 atom stereocenters. The van der Waals surface area contributed by atoms with E-state index < -0.39 is 0 Å². The summed E-state index contributed by atoms with van der Waals surface area (Å²) in [5.74, 6) is 0.683. The monoisotopic (exact) mass is 287 g/mol. The number of aryl methyl sites for hydroxylation is 2. The highest BCUT2D eigenvalue weighted by Gasteiger charge is 2.13. The van der Waals surface area contributed by atoms with Crippen LogP contribution in [-0.2, 0) is 19.5 Å². The average Bonchev–Trinajstić information content (AvgIpc) is 2.55. The van der Waals surface area contributed by atoms with Crippen molar-refractivity contribution in [1.82, 2.24) is 15.1 Å². The summed E-state index contributed by atoms with van der Waals surface area (Å²) in [7, 11) is 0. The fraction of sp³-hybridized carbons (Fsp3) is 0.750. The van der Waals surface area contributed by atoms with Gasteiger partial charge in [-0.25, -0.2) is 0 Å². The first kappa shape index (κ1) is 13.7. The van der Waals surface area contributed by atoms with E-state index in [0.717, 1.165) is 31.7 Å². The predicted molar refractivity (Wildman–Crippen MR) is 71.5 cm³/mol. The summed E-state index contributed by atoms with van der Waals surface area (Å²) in [6.07, 6.45) is 0.977. The SMILES string of the molecule is CCc1nn(CC)c(CNCC(C)C)c1Br. The van der Waals surface area contributed by atoms with E-state index in [9.17, 15) is 0 Å². The lowest BCUT2D eigenvalue weighted by atomic mass is 10.2. The standard InChI is InChI=1S/C12H22BrN3/c1-5-10-12(13)11(16(6-2)15-10)8-14-7-9(3)4/h9,14H,5-8H2,1-4H3. The van der Waals surface area contributed by atoms with Crippen molar-refractivity contribution in [3.05, 3.63) is 15.9 Å². The van der Waals surface area contributed by atoms with Crippen molar-refractivity contribution in [2.24, 2.45) is 5.92 Å². The van der Waals surface area contributed by atoms with Gasteiger partial charge in [0, 0.05) is 13.1 Å². The van der Waals surface area contributed by atoms with Gasteiger partial charge in [0.05, 0.1) is 15.9 Å². The maximum absolute atomic E-state index is 4.57. The van der Waals surface area contributed by atoms with Crippen molar-refractivity contribution in [1.29, 1.82) is 0 Å². The largest absolute Gasteiger partial charge is 0.311 e. The Morgan fingerprint density at radius 2 is 2.06 bits per heavy atom. The normalized spacial score (nSPS) is 11.4. The number of nitrogens with zero attached hydrogens (tertiary/aromatic N) is 2. The predicted octanol–water partition coefficient (Wildman–Crippen LogP) is 2.97. The molecule has 0 saturated carbocycles. The molecule has 0 fully saturated rings. The molecule has 3 nitrogen and oxygen atoms in total. The minimum atomic E-state index is 0.683. The van der Waals surface area contributed by atoms with Gasteiger partial charge in [-0.3, -0.25) is 4.68 Å². The molecule has 1 rings (SSSR count). The van der Waals surface area contributed by atoms with Gasteiger partial charge in [-0.05, 0) is 41.7 Å². The van der Waals surface area contributed by atoms with Crippen molar-refractivity contribution in [3.8, 4) is 0 Å². The van der Waals surface area contributed by atoms with Crippen molar-refractivity contribution in [3.63, 3.8) is 0 Å². The highest BCUT2D eigenvalue weighted by molar-refractivity contribution is 9.10. The third kappa shape index (κ3) is 3.32. The molecular weight excluding hydrogens is 266 g/mol. The van der Waals surface area contributed by atoms with Crippen LogP contribution < -0.4 is 5.32 Å². The second-order valence-corrected chi connectivity index (χ2v) is 5.19. The number of halogens is 1. The Labute approximate surface area is 107 Å². The zero-order valence-corrected chi connectivity index (χ0v) is 12.3. The van der Waals surface area contributed by atoms with E-state index in [4.69, 9.17) is 0 Å². The summed E-state index contributed by atoms with van der Waals surface area (Å²) in [6.45, 7) is 11.6. The first-order chi connectivity index (χ1) is 7.60. The highest BCUT2D eigenvalue weighted by Crippen LogP contribution is 2.22. The zero-order valence-electron chi connectivity index (χ0n) is 10.7. The second-order valence-electron chi connectivity index (χ2n) is 4.40. The van der Waals surface area contributed by atoms with E-state index >= 15 is 0 Å². The Morgan fingerprint density at radius 3 is 2.56 bits per heavy atom. The zero-order chi connectivity index (χ0) is 12.1. The summed E-state index contributed by atoms with van der Waals surface area (Å²) in [6, 6.07) is 0. The number of rotatable bonds is 6. The van der Waals surface area contributed by atoms with Crippen LogP contribution in [0.5, 0.6) is 0 Å². The van der Waals surface area contributed by atoms with Crippen LogP contribution >= 0.6 is 15.9 Å². The highest BCUT2D eigenvalue weighted by atomic mass is 79.9. The van der Waals surface area contributed by atoms with Gasteiger partial charge in [-0.2, -0.15) is 5.10 Å². The Hall–Kier alpha value is -0.350. The molecule has 1 aromatic rings. The van der Waals surface area contributed by atoms with E-state index in [-0.39, 0.29) is 0 Å². The second kappa shape index (κ2) is 6.40. The van der Waals surface area contributed by atoms with Gasteiger partial charge in [-0.1, -0.05) is 20.8 Å². The summed E-state index contributed by atoms with van der Waals surface area (Å²) in [4.78, 5) is 0. The fourth-order valence-corrected chi connectivity index (χ4v) is 2.37. The molecule has 1 aromatic heterocycles. The maximum atomic E-state index is 4.57. The molecular formula is C12H22BrN3. The molecule has 4 heteroatoms. The first-order valence-electron chi connectivity index (χ1n) is 6.04. The quantitative estimate of drug-likeness (QED) is 0.872. The van der Waals surface area contributed by atoms with Crippen LogP contribution in [-0.4, -0.2) is 16.3 Å². The Bertz CT molecular complexity index is 331. The van der Waals surface area contributed by atoms with E-state index in [1.807, 2.05) is 0 Å².